The summed E-state index contributed by atoms with van der Waals surface area (Å²) in [6.07, 6.45) is 0. The van der Waals surface area contributed by atoms with E-state index in [2.05, 4.69) is 0 Å². The first-order chi connectivity index (χ1) is 8.08. The van der Waals surface area contributed by atoms with Gasteiger partial charge in [0.15, 0.2) is 0 Å². The highest BCUT2D eigenvalue weighted by atomic mass is 127. The SMILES string of the molecule is O=C(c1ccc(I)c(O)c1)N1CCS(=O)CC1. The van der Waals surface area contributed by atoms with Crippen molar-refractivity contribution in [3.8, 4) is 5.75 Å². The fourth-order valence-electron chi connectivity index (χ4n) is 1.67. The van der Waals surface area contributed by atoms with Gasteiger partial charge in [-0.2, -0.15) is 0 Å². The summed E-state index contributed by atoms with van der Waals surface area (Å²) in [6, 6.07) is 4.90. The molecule has 4 nitrogen and oxygen atoms in total. The Kier molecular flexibility index (Phi) is 4.03. The van der Waals surface area contributed by atoms with Gasteiger partial charge in [0, 0.05) is 41.0 Å². The van der Waals surface area contributed by atoms with Crippen LogP contribution in [0.25, 0.3) is 0 Å². The second-order valence-electron chi connectivity index (χ2n) is 3.81. The summed E-state index contributed by atoms with van der Waals surface area (Å²) in [5, 5.41) is 9.56. The van der Waals surface area contributed by atoms with Crippen LogP contribution in [-0.2, 0) is 10.8 Å². The lowest BCUT2D eigenvalue weighted by atomic mass is 10.2. The average Bonchev–Trinajstić information content (AvgIpc) is 2.33. The topological polar surface area (TPSA) is 57.6 Å². The lowest BCUT2D eigenvalue weighted by Crippen LogP contribution is -2.41. The molecule has 92 valence electrons. The van der Waals surface area contributed by atoms with Crippen molar-refractivity contribution in [2.75, 3.05) is 24.6 Å². The fraction of sp³-hybridized carbons (Fsp3) is 0.364. The summed E-state index contributed by atoms with van der Waals surface area (Å²) in [6.45, 7) is 1.05. The van der Waals surface area contributed by atoms with Crippen molar-refractivity contribution in [3.05, 3.63) is 27.3 Å². The van der Waals surface area contributed by atoms with Crippen molar-refractivity contribution < 1.29 is 14.1 Å². The molecule has 0 aromatic heterocycles. The van der Waals surface area contributed by atoms with Crippen LogP contribution in [0.4, 0.5) is 0 Å². The fourth-order valence-corrected chi connectivity index (χ4v) is 3.06. The van der Waals surface area contributed by atoms with Gasteiger partial charge in [-0.3, -0.25) is 9.00 Å². The van der Waals surface area contributed by atoms with Gasteiger partial charge in [0.25, 0.3) is 5.91 Å². The van der Waals surface area contributed by atoms with E-state index in [0.717, 1.165) is 3.57 Å². The smallest absolute Gasteiger partial charge is 0.254 e. The Balaban J connectivity index is 2.14. The van der Waals surface area contributed by atoms with Crippen LogP contribution < -0.4 is 0 Å². The molecule has 17 heavy (non-hydrogen) atoms. The Morgan fingerprint density at radius 3 is 2.59 bits per heavy atom. The minimum atomic E-state index is -0.786. The van der Waals surface area contributed by atoms with Gasteiger partial charge >= 0.3 is 0 Å². The predicted molar refractivity (Wildman–Crippen MR) is 74.6 cm³/mol. The quantitative estimate of drug-likeness (QED) is 0.761. The molecule has 1 aliphatic heterocycles. The summed E-state index contributed by atoms with van der Waals surface area (Å²) in [5.41, 5.74) is 0.482. The molecule has 0 atom stereocenters. The van der Waals surface area contributed by atoms with Crippen molar-refractivity contribution in [2.45, 2.75) is 0 Å². The first-order valence-corrected chi connectivity index (χ1v) is 7.77. The number of nitrogens with zero attached hydrogens (tertiary/aromatic N) is 1. The lowest BCUT2D eigenvalue weighted by molar-refractivity contribution is 0.0771. The van der Waals surface area contributed by atoms with E-state index < -0.39 is 10.8 Å². The number of benzene rings is 1. The number of hydrogen-bond acceptors (Lipinski definition) is 3. The van der Waals surface area contributed by atoms with E-state index in [0.29, 0.717) is 30.2 Å². The summed E-state index contributed by atoms with van der Waals surface area (Å²) in [5.74, 6) is 1.11. The van der Waals surface area contributed by atoms with Crippen LogP contribution in [0, 0.1) is 3.57 Å². The summed E-state index contributed by atoms with van der Waals surface area (Å²) >= 11 is 2.01. The lowest BCUT2D eigenvalue weighted by Gasteiger charge is -2.26. The van der Waals surface area contributed by atoms with E-state index >= 15 is 0 Å². The number of carbonyl (C=O) groups is 1. The Morgan fingerprint density at radius 2 is 2.00 bits per heavy atom. The van der Waals surface area contributed by atoms with Gasteiger partial charge in [-0.25, -0.2) is 0 Å². The highest BCUT2D eigenvalue weighted by Crippen LogP contribution is 2.21. The number of aromatic hydroxyl groups is 1. The number of amides is 1. The molecule has 0 saturated carbocycles. The Hall–Kier alpha value is -0.630. The van der Waals surface area contributed by atoms with Crippen LogP contribution in [0.5, 0.6) is 5.75 Å². The first-order valence-electron chi connectivity index (χ1n) is 5.20. The molecule has 0 spiro atoms. The van der Waals surface area contributed by atoms with E-state index in [9.17, 15) is 14.1 Å². The van der Waals surface area contributed by atoms with Gasteiger partial charge in [0.1, 0.15) is 5.75 Å². The van der Waals surface area contributed by atoms with E-state index in [1.165, 1.54) is 6.07 Å². The van der Waals surface area contributed by atoms with E-state index in [1.54, 1.807) is 17.0 Å². The summed E-state index contributed by atoms with van der Waals surface area (Å²) in [4.78, 5) is 13.8. The molecule has 1 aromatic rings. The zero-order chi connectivity index (χ0) is 12.4. The molecular weight excluding hydrogens is 353 g/mol. The van der Waals surface area contributed by atoms with Crippen molar-refractivity contribution in [1.82, 2.24) is 4.90 Å². The normalized spacial score (nSPS) is 17.1. The molecule has 0 aliphatic carbocycles. The number of carbonyl (C=O) groups excluding carboxylic acids is 1. The van der Waals surface area contributed by atoms with Gasteiger partial charge in [0.2, 0.25) is 0 Å². The van der Waals surface area contributed by atoms with Crippen molar-refractivity contribution in [1.29, 1.82) is 0 Å². The van der Waals surface area contributed by atoms with Crippen LogP contribution in [0.1, 0.15) is 10.4 Å². The Bertz CT molecular complexity index is 468. The van der Waals surface area contributed by atoms with E-state index in [-0.39, 0.29) is 11.7 Å². The molecular formula is C11H12INO3S. The van der Waals surface area contributed by atoms with Gasteiger partial charge in [-0.1, -0.05) is 0 Å². The minimum absolute atomic E-state index is 0.103. The highest BCUT2D eigenvalue weighted by molar-refractivity contribution is 14.1. The number of rotatable bonds is 1. The largest absolute Gasteiger partial charge is 0.507 e. The molecule has 1 N–H and O–H groups in total. The van der Waals surface area contributed by atoms with E-state index in [1.807, 2.05) is 22.6 Å². The number of phenolic OH excluding ortho intramolecular Hbond substituents is 1. The van der Waals surface area contributed by atoms with Crippen molar-refractivity contribution in [3.63, 3.8) is 0 Å². The van der Waals surface area contributed by atoms with Crippen LogP contribution in [-0.4, -0.2) is 44.7 Å². The van der Waals surface area contributed by atoms with Crippen LogP contribution in [0.15, 0.2) is 18.2 Å². The Morgan fingerprint density at radius 1 is 1.35 bits per heavy atom. The average molecular weight is 365 g/mol. The molecule has 0 unspecified atom stereocenters. The van der Waals surface area contributed by atoms with Gasteiger partial charge in [-0.05, 0) is 40.8 Å². The standard InChI is InChI=1S/C11H12INO3S/c12-9-2-1-8(7-10(9)14)11(15)13-3-5-17(16)6-4-13/h1-2,7,14H,3-6H2. The van der Waals surface area contributed by atoms with Crippen molar-refractivity contribution in [2.24, 2.45) is 0 Å². The zero-order valence-corrected chi connectivity index (χ0v) is 12.0. The molecule has 0 bridgehead atoms. The molecule has 6 heteroatoms. The summed E-state index contributed by atoms with van der Waals surface area (Å²) in [7, 11) is -0.786. The molecule has 0 radical (unpaired) electrons. The van der Waals surface area contributed by atoms with E-state index in [4.69, 9.17) is 0 Å². The third kappa shape index (κ3) is 2.98. The molecule has 1 fully saturated rings. The van der Waals surface area contributed by atoms with Gasteiger partial charge in [0.05, 0.1) is 3.57 Å². The number of hydrogen-bond donors (Lipinski definition) is 1. The molecule has 1 saturated heterocycles. The van der Waals surface area contributed by atoms with Crippen molar-refractivity contribution >= 4 is 39.3 Å². The van der Waals surface area contributed by atoms with Gasteiger partial charge < -0.3 is 10.0 Å². The maximum absolute atomic E-state index is 12.1. The minimum Gasteiger partial charge on any atom is -0.507 e. The summed E-state index contributed by atoms with van der Waals surface area (Å²) < 4.78 is 11.9. The zero-order valence-electron chi connectivity index (χ0n) is 9.06. The molecule has 2 rings (SSSR count). The number of phenols is 1. The third-order valence-electron chi connectivity index (χ3n) is 2.66. The third-order valence-corrected chi connectivity index (χ3v) is 4.85. The monoisotopic (exact) mass is 365 g/mol. The maximum Gasteiger partial charge on any atom is 0.254 e. The molecule has 1 aromatic carbocycles. The second kappa shape index (κ2) is 5.34. The second-order valence-corrected chi connectivity index (χ2v) is 6.66. The Labute approximate surface area is 116 Å². The molecule has 1 amide bonds. The van der Waals surface area contributed by atoms with Crippen LogP contribution >= 0.6 is 22.6 Å². The van der Waals surface area contributed by atoms with Crippen LogP contribution in [0.2, 0.25) is 0 Å². The maximum atomic E-state index is 12.1. The predicted octanol–water partition coefficient (Wildman–Crippen LogP) is 1.20. The first kappa shape index (κ1) is 12.8. The molecule has 1 aliphatic rings. The highest BCUT2D eigenvalue weighted by Gasteiger charge is 2.21. The van der Waals surface area contributed by atoms with Crippen LogP contribution in [0.3, 0.4) is 0 Å². The van der Waals surface area contributed by atoms with Gasteiger partial charge in [-0.15, -0.1) is 0 Å². The molecule has 1 heterocycles. The number of halogens is 1.